The molecule has 0 saturated heterocycles. The average molecular weight is 151 g/mol. The van der Waals surface area contributed by atoms with E-state index in [1.807, 2.05) is 12.5 Å². The van der Waals surface area contributed by atoms with Crippen LogP contribution in [0.4, 0.5) is 0 Å². The van der Waals surface area contributed by atoms with Gasteiger partial charge in [0.15, 0.2) is 0 Å². The minimum Gasteiger partial charge on any atom is -0.332 e. The molecule has 3 heteroatoms. The Morgan fingerprint density at radius 2 is 2.73 bits per heavy atom. The lowest BCUT2D eigenvalue weighted by Gasteiger charge is -2.24. The standard InChI is InChI=1S/C8H13N3/c1-2-7-8-5-9-6-11(8)4-3-10-7/h5-7,10H,2-4H2,1H3. The van der Waals surface area contributed by atoms with Gasteiger partial charge in [0, 0.05) is 25.3 Å². The number of hydrogen-bond donors (Lipinski definition) is 1. The summed E-state index contributed by atoms with van der Waals surface area (Å²) in [5.74, 6) is 0. The highest BCUT2D eigenvalue weighted by Crippen LogP contribution is 2.18. The normalized spacial score (nSPS) is 23.2. The van der Waals surface area contributed by atoms with E-state index in [4.69, 9.17) is 0 Å². The summed E-state index contributed by atoms with van der Waals surface area (Å²) in [6, 6.07) is 0.520. The van der Waals surface area contributed by atoms with E-state index in [9.17, 15) is 0 Å². The van der Waals surface area contributed by atoms with Gasteiger partial charge >= 0.3 is 0 Å². The van der Waals surface area contributed by atoms with Gasteiger partial charge in [-0.2, -0.15) is 0 Å². The van der Waals surface area contributed by atoms with Gasteiger partial charge in [0.2, 0.25) is 0 Å². The van der Waals surface area contributed by atoms with E-state index in [1.54, 1.807) is 0 Å². The van der Waals surface area contributed by atoms with E-state index < -0.39 is 0 Å². The second-order valence-corrected chi connectivity index (χ2v) is 2.93. The number of rotatable bonds is 1. The Kier molecular flexibility index (Phi) is 1.66. The van der Waals surface area contributed by atoms with E-state index in [2.05, 4.69) is 21.8 Å². The van der Waals surface area contributed by atoms with Gasteiger partial charge in [0.05, 0.1) is 12.0 Å². The summed E-state index contributed by atoms with van der Waals surface area (Å²) in [4.78, 5) is 4.12. The van der Waals surface area contributed by atoms with Crippen LogP contribution in [0.1, 0.15) is 25.1 Å². The van der Waals surface area contributed by atoms with Crippen LogP contribution in [-0.4, -0.2) is 16.1 Å². The number of imidazole rings is 1. The number of fused-ring (bicyclic) bond motifs is 1. The van der Waals surface area contributed by atoms with Gasteiger partial charge in [-0.3, -0.25) is 0 Å². The van der Waals surface area contributed by atoms with E-state index in [1.165, 1.54) is 5.69 Å². The first kappa shape index (κ1) is 6.85. The Bertz CT molecular complexity index is 241. The van der Waals surface area contributed by atoms with Crippen molar-refractivity contribution in [1.29, 1.82) is 0 Å². The molecule has 0 saturated carbocycles. The van der Waals surface area contributed by atoms with Crippen LogP contribution < -0.4 is 5.32 Å². The smallest absolute Gasteiger partial charge is 0.0949 e. The van der Waals surface area contributed by atoms with Crippen LogP contribution in [0.2, 0.25) is 0 Å². The summed E-state index contributed by atoms with van der Waals surface area (Å²) < 4.78 is 2.23. The van der Waals surface area contributed by atoms with E-state index in [0.717, 1.165) is 19.5 Å². The molecule has 1 aliphatic rings. The molecule has 1 unspecified atom stereocenters. The molecule has 0 aromatic carbocycles. The molecular weight excluding hydrogens is 138 g/mol. The van der Waals surface area contributed by atoms with Crippen molar-refractivity contribution in [1.82, 2.24) is 14.9 Å². The van der Waals surface area contributed by atoms with Crippen molar-refractivity contribution in [3.8, 4) is 0 Å². The molecule has 1 aromatic rings. The second kappa shape index (κ2) is 2.66. The number of hydrogen-bond acceptors (Lipinski definition) is 2. The van der Waals surface area contributed by atoms with Crippen molar-refractivity contribution in [3.63, 3.8) is 0 Å². The number of nitrogens with zero attached hydrogens (tertiary/aromatic N) is 2. The molecule has 11 heavy (non-hydrogen) atoms. The van der Waals surface area contributed by atoms with Crippen molar-refractivity contribution in [2.45, 2.75) is 25.9 Å². The minimum atomic E-state index is 0.520. The largest absolute Gasteiger partial charge is 0.332 e. The highest BCUT2D eigenvalue weighted by atomic mass is 15.1. The summed E-state index contributed by atoms with van der Waals surface area (Å²) in [7, 11) is 0. The van der Waals surface area contributed by atoms with Gasteiger partial charge in [-0.25, -0.2) is 4.98 Å². The topological polar surface area (TPSA) is 29.9 Å². The Morgan fingerprint density at radius 3 is 3.55 bits per heavy atom. The van der Waals surface area contributed by atoms with E-state index in [0.29, 0.717) is 6.04 Å². The summed E-state index contributed by atoms with van der Waals surface area (Å²) in [6.07, 6.45) is 5.02. The number of nitrogens with one attached hydrogen (secondary N) is 1. The molecule has 1 atom stereocenters. The highest BCUT2D eigenvalue weighted by molar-refractivity contribution is 5.07. The van der Waals surface area contributed by atoms with Crippen LogP contribution in [-0.2, 0) is 6.54 Å². The van der Waals surface area contributed by atoms with Crippen molar-refractivity contribution in [2.24, 2.45) is 0 Å². The molecule has 3 nitrogen and oxygen atoms in total. The van der Waals surface area contributed by atoms with Crippen LogP contribution >= 0.6 is 0 Å². The molecule has 1 aromatic heterocycles. The van der Waals surface area contributed by atoms with Crippen molar-refractivity contribution in [2.75, 3.05) is 6.54 Å². The van der Waals surface area contributed by atoms with Crippen LogP contribution in [0.15, 0.2) is 12.5 Å². The predicted molar refractivity (Wildman–Crippen MR) is 43.3 cm³/mol. The molecule has 60 valence electrons. The second-order valence-electron chi connectivity index (χ2n) is 2.93. The quantitative estimate of drug-likeness (QED) is 0.647. The Morgan fingerprint density at radius 1 is 1.82 bits per heavy atom. The van der Waals surface area contributed by atoms with Gasteiger partial charge in [0.25, 0.3) is 0 Å². The molecule has 2 heterocycles. The summed E-state index contributed by atoms with van der Waals surface area (Å²) in [6.45, 7) is 4.33. The molecule has 0 amide bonds. The monoisotopic (exact) mass is 151 g/mol. The number of aromatic nitrogens is 2. The van der Waals surface area contributed by atoms with Gasteiger partial charge in [0.1, 0.15) is 0 Å². The fourth-order valence-corrected chi connectivity index (χ4v) is 1.63. The molecule has 2 rings (SSSR count). The van der Waals surface area contributed by atoms with E-state index in [-0.39, 0.29) is 0 Å². The summed E-state index contributed by atoms with van der Waals surface area (Å²) >= 11 is 0. The van der Waals surface area contributed by atoms with Gasteiger partial charge in [-0.15, -0.1) is 0 Å². The van der Waals surface area contributed by atoms with Crippen molar-refractivity contribution in [3.05, 3.63) is 18.2 Å². The van der Waals surface area contributed by atoms with Crippen LogP contribution in [0.5, 0.6) is 0 Å². The molecule has 0 radical (unpaired) electrons. The predicted octanol–water partition coefficient (Wildman–Crippen LogP) is 0.937. The Hall–Kier alpha value is -0.830. The minimum absolute atomic E-state index is 0.520. The van der Waals surface area contributed by atoms with Crippen LogP contribution in [0, 0.1) is 0 Å². The fourth-order valence-electron chi connectivity index (χ4n) is 1.63. The maximum absolute atomic E-state index is 4.12. The molecule has 0 bridgehead atoms. The third-order valence-electron chi connectivity index (χ3n) is 2.25. The lowest BCUT2D eigenvalue weighted by molar-refractivity contribution is 0.416. The molecule has 1 N–H and O–H groups in total. The fraction of sp³-hybridized carbons (Fsp3) is 0.625. The lowest BCUT2D eigenvalue weighted by Crippen LogP contribution is -2.32. The third kappa shape index (κ3) is 1.05. The SMILES string of the molecule is CCC1NCCn2cncc21. The maximum atomic E-state index is 4.12. The maximum Gasteiger partial charge on any atom is 0.0949 e. The van der Waals surface area contributed by atoms with Crippen molar-refractivity contribution >= 4 is 0 Å². The van der Waals surface area contributed by atoms with Gasteiger partial charge < -0.3 is 9.88 Å². The molecule has 1 aliphatic heterocycles. The molecular formula is C8H13N3. The zero-order valence-corrected chi connectivity index (χ0v) is 6.75. The average Bonchev–Trinajstić information content (AvgIpc) is 2.50. The Balaban J connectivity index is 2.32. The molecule has 0 fully saturated rings. The molecule has 0 aliphatic carbocycles. The zero-order chi connectivity index (χ0) is 7.68. The lowest BCUT2D eigenvalue weighted by atomic mass is 10.1. The summed E-state index contributed by atoms with van der Waals surface area (Å²) in [5, 5.41) is 3.45. The van der Waals surface area contributed by atoms with Crippen LogP contribution in [0.25, 0.3) is 0 Å². The Labute approximate surface area is 66.4 Å². The summed E-state index contributed by atoms with van der Waals surface area (Å²) in [5.41, 5.74) is 1.33. The first-order valence-corrected chi connectivity index (χ1v) is 4.15. The van der Waals surface area contributed by atoms with Gasteiger partial charge in [-0.1, -0.05) is 6.92 Å². The van der Waals surface area contributed by atoms with Gasteiger partial charge in [-0.05, 0) is 6.42 Å². The first-order valence-electron chi connectivity index (χ1n) is 4.15. The first-order chi connectivity index (χ1) is 5.42. The highest BCUT2D eigenvalue weighted by Gasteiger charge is 2.16. The van der Waals surface area contributed by atoms with Crippen LogP contribution in [0.3, 0.4) is 0 Å². The van der Waals surface area contributed by atoms with E-state index >= 15 is 0 Å². The zero-order valence-electron chi connectivity index (χ0n) is 6.75. The van der Waals surface area contributed by atoms with Crippen molar-refractivity contribution < 1.29 is 0 Å². The molecule has 0 spiro atoms. The third-order valence-corrected chi connectivity index (χ3v) is 2.25.